The molecule has 4 rings (SSSR count). The van der Waals surface area contributed by atoms with E-state index in [9.17, 15) is 9.59 Å². The molecule has 0 spiro atoms. The Morgan fingerprint density at radius 2 is 2.00 bits per heavy atom. The first-order valence-electron chi connectivity index (χ1n) is 9.47. The average Bonchev–Trinajstić information content (AvgIpc) is 3.15. The zero-order valence-corrected chi connectivity index (χ0v) is 15.7. The van der Waals surface area contributed by atoms with Gasteiger partial charge < -0.3 is 5.32 Å². The van der Waals surface area contributed by atoms with Crippen LogP contribution in [0.15, 0.2) is 47.3 Å². The van der Waals surface area contributed by atoms with Crippen molar-refractivity contribution in [2.45, 2.75) is 45.7 Å². The van der Waals surface area contributed by atoms with Crippen LogP contribution in [0.2, 0.25) is 0 Å². The van der Waals surface area contributed by atoms with Gasteiger partial charge in [-0.2, -0.15) is 0 Å². The van der Waals surface area contributed by atoms with E-state index in [-0.39, 0.29) is 17.5 Å². The van der Waals surface area contributed by atoms with Crippen molar-refractivity contribution in [3.8, 4) is 0 Å². The van der Waals surface area contributed by atoms with Crippen LogP contribution >= 0.6 is 0 Å². The lowest BCUT2D eigenvalue weighted by Gasteiger charge is -2.18. The van der Waals surface area contributed by atoms with E-state index in [2.05, 4.69) is 41.5 Å². The lowest BCUT2D eigenvalue weighted by atomic mass is 10.0. The molecule has 0 saturated heterocycles. The van der Waals surface area contributed by atoms with Gasteiger partial charge in [-0.15, -0.1) is 0 Å². The van der Waals surface area contributed by atoms with E-state index in [1.165, 1.54) is 5.56 Å². The summed E-state index contributed by atoms with van der Waals surface area (Å²) in [5, 5.41) is 3.67. The third-order valence-electron chi connectivity index (χ3n) is 5.27. The highest BCUT2D eigenvalue weighted by molar-refractivity contribution is 5.97. The number of amides is 1. The van der Waals surface area contributed by atoms with Crippen molar-refractivity contribution in [2.24, 2.45) is 0 Å². The number of hydrogen-bond acceptors (Lipinski definition) is 3. The number of rotatable bonds is 4. The van der Waals surface area contributed by atoms with Gasteiger partial charge in [-0.3, -0.25) is 14.2 Å². The van der Waals surface area contributed by atoms with E-state index < -0.39 is 0 Å². The molecule has 0 radical (unpaired) electrons. The molecule has 0 saturated carbocycles. The van der Waals surface area contributed by atoms with E-state index in [1.807, 2.05) is 6.92 Å². The summed E-state index contributed by atoms with van der Waals surface area (Å²) in [5.74, 6) is 0.669. The number of carbonyl (C=O) groups is 1. The number of benzene rings is 2. The molecule has 1 atom stereocenters. The Kier molecular flexibility index (Phi) is 4.52. The molecule has 0 bridgehead atoms. The minimum atomic E-state index is -0.147. The third kappa shape index (κ3) is 3.25. The highest BCUT2D eigenvalue weighted by Crippen LogP contribution is 2.20. The van der Waals surface area contributed by atoms with Crippen molar-refractivity contribution in [1.82, 2.24) is 14.9 Å². The van der Waals surface area contributed by atoms with Crippen LogP contribution in [0.1, 0.15) is 53.1 Å². The van der Waals surface area contributed by atoms with Gasteiger partial charge in [-0.05, 0) is 43.5 Å². The fourth-order valence-corrected chi connectivity index (χ4v) is 3.69. The molecular weight excluding hydrogens is 338 g/mol. The maximum absolute atomic E-state index is 12.8. The van der Waals surface area contributed by atoms with Gasteiger partial charge in [-0.25, -0.2) is 4.98 Å². The zero-order chi connectivity index (χ0) is 19.0. The second-order valence-electron chi connectivity index (χ2n) is 7.17. The van der Waals surface area contributed by atoms with Crippen molar-refractivity contribution in [3.05, 3.63) is 75.3 Å². The van der Waals surface area contributed by atoms with Gasteiger partial charge in [0, 0.05) is 18.5 Å². The van der Waals surface area contributed by atoms with Crippen LogP contribution in [-0.4, -0.2) is 15.5 Å². The molecule has 2 aromatic carbocycles. The summed E-state index contributed by atoms with van der Waals surface area (Å²) in [6.45, 7) is 4.83. The van der Waals surface area contributed by atoms with Crippen LogP contribution in [0.5, 0.6) is 0 Å². The van der Waals surface area contributed by atoms with Gasteiger partial charge in [0.2, 0.25) is 0 Å². The Hall–Kier alpha value is -2.95. The Morgan fingerprint density at radius 3 is 2.74 bits per heavy atom. The molecule has 138 valence electrons. The number of nitrogens with one attached hydrogen (secondary N) is 1. The van der Waals surface area contributed by atoms with Gasteiger partial charge in [-0.1, -0.05) is 36.8 Å². The molecule has 1 N–H and O–H groups in total. The SMILES string of the molecule is CCC(NC(=O)c1ccc2c(=O)n3c(nc2c1)CCC3)c1ccc(C)cc1. The van der Waals surface area contributed by atoms with Crippen LogP contribution in [0.4, 0.5) is 0 Å². The van der Waals surface area contributed by atoms with Gasteiger partial charge >= 0.3 is 0 Å². The maximum Gasteiger partial charge on any atom is 0.261 e. The largest absolute Gasteiger partial charge is 0.345 e. The molecule has 27 heavy (non-hydrogen) atoms. The molecule has 0 aliphatic carbocycles. The van der Waals surface area contributed by atoms with Crippen LogP contribution in [0.3, 0.4) is 0 Å². The number of carbonyl (C=O) groups excluding carboxylic acids is 1. The van der Waals surface area contributed by atoms with Gasteiger partial charge in [0.1, 0.15) is 5.82 Å². The molecule has 3 aromatic rings. The summed E-state index contributed by atoms with van der Waals surface area (Å²) in [6, 6.07) is 13.3. The number of fused-ring (bicyclic) bond motifs is 2. The first-order chi connectivity index (χ1) is 13.1. The highest BCUT2D eigenvalue weighted by atomic mass is 16.1. The van der Waals surface area contributed by atoms with E-state index in [0.29, 0.717) is 16.5 Å². The molecule has 5 heteroatoms. The Labute approximate surface area is 158 Å². The molecule has 1 aromatic heterocycles. The Bertz CT molecular complexity index is 1070. The summed E-state index contributed by atoms with van der Waals surface area (Å²) in [7, 11) is 0. The molecule has 5 nitrogen and oxygen atoms in total. The number of hydrogen-bond donors (Lipinski definition) is 1. The number of aromatic nitrogens is 2. The average molecular weight is 361 g/mol. The fourth-order valence-electron chi connectivity index (χ4n) is 3.69. The normalized spacial score (nSPS) is 14.1. The molecule has 1 aliphatic heterocycles. The van der Waals surface area contributed by atoms with E-state index >= 15 is 0 Å². The molecule has 2 heterocycles. The van der Waals surface area contributed by atoms with Crippen molar-refractivity contribution < 1.29 is 4.79 Å². The highest BCUT2D eigenvalue weighted by Gasteiger charge is 2.18. The predicted molar refractivity (Wildman–Crippen MR) is 106 cm³/mol. The second-order valence-corrected chi connectivity index (χ2v) is 7.17. The zero-order valence-electron chi connectivity index (χ0n) is 15.7. The Morgan fingerprint density at radius 1 is 1.22 bits per heavy atom. The lowest BCUT2D eigenvalue weighted by molar-refractivity contribution is 0.0935. The minimum absolute atomic E-state index is 0.00875. The van der Waals surface area contributed by atoms with E-state index in [4.69, 9.17) is 0 Å². The summed E-state index contributed by atoms with van der Waals surface area (Å²) in [4.78, 5) is 30.0. The van der Waals surface area contributed by atoms with Crippen LogP contribution < -0.4 is 10.9 Å². The Balaban J connectivity index is 1.63. The predicted octanol–water partition coefficient (Wildman–Crippen LogP) is 3.53. The molecular formula is C22H23N3O2. The second kappa shape index (κ2) is 6.99. The van der Waals surface area contributed by atoms with E-state index in [0.717, 1.165) is 37.2 Å². The van der Waals surface area contributed by atoms with Crippen molar-refractivity contribution in [2.75, 3.05) is 0 Å². The maximum atomic E-state index is 12.8. The van der Waals surface area contributed by atoms with E-state index in [1.54, 1.807) is 22.8 Å². The topological polar surface area (TPSA) is 64.0 Å². The first kappa shape index (κ1) is 17.5. The van der Waals surface area contributed by atoms with Crippen molar-refractivity contribution in [1.29, 1.82) is 0 Å². The summed E-state index contributed by atoms with van der Waals surface area (Å²) < 4.78 is 1.74. The molecule has 1 amide bonds. The van der Waals surface area contributed by atoms with Crippen LogP contribution in [-0.2, 0) is 13.0 Å². The van der Waals surface area contributed by atoms with Crippen LogP contribution in [0.25, 0.3) is 10.9 Å². The van der Waals surface area contributed by atoms with Gasteiger partial charge in [0.05, 0.1) is 16.9 Å². The lowest BCUT2D eigenvalue weighted by Crippen LogP contribution is -2.28. The summed E-state index contributed by atoms with van der Waals surface area (Å²) in [5.41, 5.74) is 3.41. The number of aryl methyl sites for hydroxylation is 2. The molecule has 1 aliphatic rings. The van der Waals surface area contributed by atoms with Gasteiger partial charge in [0.15, 0.2) is 0 Å². The van der Waals surface area contributed by atoms with Crippen LogP contribution in [0, 0.1) is 6.92 Å². The standard InChI is InChI=1S/C22H23N3O2/c1-3-18(15-8-6-14(2)7-9-15)24-21(26)16-10-11-17-19(13-16)23-20-5-4-12-25(20)22(17)27/h6-11,13,18H,3-5,12H2,1-2H3,(H,24,26). The quantitative estimate of drug-likeness (QED) is 0.773. The van der Waals surface area contributed by atoms with Crippen molar-refractivity contribution in [3.63, 3.8) is 0 Å². The fraction of sp³-hybridized carbons (Fsp3) is 0.318. The third-order valence-corrected chi connectivity index (χ3v) is 5.27. The number of nitrogens with zero attached hydrogens (tertiary/aromatic N) is 2. The smallest absolute Gasteiger partial charge is 0.261 e. The molecule has 0 fully saturated rings. The van der Waals surface area contributed by atoms with Crippen molar-refractivity contribution >= 4 is 16.8 Å². The summed E-state index contributed by atoms with van der Waals surface area (Å²) >= 11 is 0. The molecule has 1 unspecified atom stereocenters. The summed E-state index contributed by atoms with van der Waals surface area (Å²) in [6.07, 6.45) is 2.56. The van der Waals surface area contributed by atoms with Gasteiger partial charge in [0.25, 0.3) is 11.5 Å². The monoisotopic (exact) mass is 361 g/mol. The first-order valence-corrected chi connectivity index (χ1v) is 9.47. The minimum Gasteiger partial charge on any atom is -0.345 e.